The van der Waals surface area contributed by atoms with E-state index in [1.807, 2.05) is 36.6 Å². The van der Waals surface area contributed by atoms with Crippen molar-refractivity contribution in [2.45, 2.75) is 18.7 Å². The van der Waals surface area contributed by atoms with Crippen molar-refractivity contribution in [2.75, 3.05) is 6.26 Å². The number of carbonyl (C=O) groups is 2. The van der Waals surface area contributed by atoms with Gasteiger partial charge in [-0.05, 0) is 18.7 Å². The zero-order valence-corrected chi connectivity index (χ0v) is 10.7. The number of hydrogen-bond acceptors (Lipinski definition) is 3. The fourth-order valence-electron chi connectivity index (χ4n) is 1.14. The first-order valence-electron chi connectivity index (χ1n) is 5.29. The van der Waals surface area contributed by atoms with E-state index in [2.05, 4.69) is 10.6 Å². The van der Waals surface area contributed by atoms with Gasteiger partial charge in [0.25, 0.3) is 0 Å². The standard InChI is InChI=1S/C12H16N2O2S/c1-9(17-2)11(15)14-12(16)13-8-10-6-4-3-5-7-10/h3-7,9H,8H2,1-2H3,(H2,13,14,15,16). The maximum atomic E-state index is 11.4. The normalized spacial score (nSPS) is 11.6. The van der Waals surface area contributed by atoms with E-state index in [9.17, 15) is 9.59 Å². The van der Waals surface area contributed by atoms with Gasteiger partial charge in [-0.25, -0.2) is 4.79 Å². The van der Waals surface area contributed by atoms with Gasteiger partial charge in [-0.2, -0.15) is 11.8 Å². The second kappa shape index (κ2) is 6.96. The van der Waals surface area contributed by atoms with E-state index in [1.54, 1.807) is 6.92 Å². The number of thioether (sulfide) groups is 1. The molecule has 1 aromatic rings. The first-order chi connectivity index (χ1) is 8.13. The molecule has 0 aliphatic carbocycles. The third kappa shape index (κ3) is 4.91. The van der Waals surface area contributed by atoms with Gasteiger partial charge in [-0.3, -0.25) is 10.1 Å². The molecule has 2 N–H and O–H groups in total. The molecule has 0 fully saturated rings. The van der Waals surface area contributed by atoms with Crippen LogP contribution in [0.2, 0.25) is 0 Å². The second-order valence-electron chi connectivity index (χ2n) is 3.54. The topological polar surface area (TPSA) is 58.2 Å². The molecule has 1 unspecified atom stereocenters. The second-order valence-corrected chi connectivity index (χ2v) is 4.71. The highest BCUT2D eigenvalue weighted by Crippen LogP contribution is 2.04. The van der Waals surface area contributed by atoms with E-state index >= 15 is 0 Å². The minimum atomic E-state index is -0.459. The van der Waals surface area contributed by atoms with Gasteiger partial charge in [-0.15, -0.1) is 0 Å². The number of urea groups is 1. The highest BCUT2D eigenvalue weighted by molar-refractivity contribution is 7.99. The van der Waals surface area contributed by atoms with Crippen molar-refractivity contribution in [1.29, 1.82) is 0 Å². The molecule has 0 saturated carbocycles. The van der Waals surface area contributed by atoms with E-state index in [0.29, 0.717) is 6.54 Å². The van der Waals surface area contributed by atoms with Crippen LogP contribution < -0.4 is 10.6 Å². The van der Waals surface area contributed by atoms with Gasteiger partial charge in [0.2, 0.25) is 5.91 Å². The highest BCUT2D eigenvalue weighted by atomic mass is 32.2. The zero-order chi connectivity index (χ0) is 12.7. The Hall–Kier alpha value is -1.49. The van der Waals surface area contributed by atoms with Crippen LogP contribution in [0.4, 0.5) is 4.79 Å². The summed E-state index contributed by atoms with van der Waals surface area (Å²) in [6.07, 6.45) is 1.83. The Balaban J connectivity index is 2.33. The van der Waals surface area contributed by atoms with Crippen molar-refractivity contribution in [3.63, 3.8) is 0 Å². The van der Waals surface area contributed by atoms with Crippen molar-refractivity contribution < 1.29 is 9.59 Å². The van der Waals surface area contributed by atoms with E-state index in [1.165, 1.54) is 11.8 Å². The molecule has 0 aliphatic heterocycles. The van der Waals surface area contributed by atoms with Crippen molar-refractivity contribution in [1.82, 2.24) is 10.6 Å². The molecular formula is C12H16N2O2S. The largest absolute Gasteiger partial charge is 0.334 e. The van der Waals surface area contributed by atoms with Gasteiger partial charge in [0, 0.05) is 6.54 Å². The number of carbonyl (C=O) groups excluding carboxylic acids is 2. The molecule has 3 amide bonds. The lowest BCUT2D eigenvalue weighted by molar-refractivity contribution is -0.119. The predicted molar refractivity (Wildman–Crippen MR) is 69.8 cm³/mol. The Labute approximate surface area is 105 Å². The molecule has 1 atom stereocenters. The molecular weight excluding hydrogens is 236 g/mol. The van der Waals surface area contributed by atoms with Crippen LogP contribution in [0, 0.1) is 0 Å². The SMILES string of the molecule is CSC(C)C(=O)NC(=O)NCc1ccccc1. The number of benzene rings is 1. The van der Waals surface area contributed by atoms with Crippen LogP contribution in [-0.4, -0.2) is 23.4 Å². The van der Waals surface area contributed by atoms with Crippen LogP contribution >= 0.6 is 11.8 Å². The molecule has 5 heteroatoms. The summed E-state index contributed by atoms with van der Waals surface area (Å²) in [5, 5.41) is 4.70. The lowest BCUT2D eigenvalue weighted by Crippen LogP contribution is -2.42. The number of rotatable bonds is 4. The monoisotopic (exact) mass is 252 g/mol. The average Bonchev–Trinajstić information content (AvgIpc) is 2.36. The van der Waals surface area contributed by atoms with Gasteiger partial charge in [0.1, 0.15) is 0 Å². The molecule has 0 heterocycles. The van der Waals surface area contributed by atoms with Gasteiger partial charge in [0.05, 0.1) is 5.25 Å². The Bertz CT molecular complexity index is 381. The molecule has 17 heavy (non-hydrogen) atoms. The molecule has 0 bridgehead atoms. The highest BCUT2D eigenvalue weighted by Gasteiger charge is 2.13. The van der Waals surface area contributed by atoms with Gasteiger partial charge in [0.15, 0.2) is 0 Å². The Morgan fingerprint density at radius 1 is 1.29 bits per heavy atom. The molecule has 0 saturated heterocycles. The summed E-state index contributed by atoms with van der Waals surface area (Å²) in [6, 6.07) is 9.07. The van der Waals surface area contributed by atoms with Gasteiger partial charge in [-0.1, -0.05) is 30.3 Å². The third-order valence-corrected chi connectivity index (χ3v) is 3.18. The lowest BCUT2D eigenvalue weighted by Gasteiger charge is -2.09. The average molecular weight is 252 g/mol. The molecule has 92 valence electrons. The Kier molecular flexibility index (Phi) is 5.56. The molecule has 0 radical (unpaired) electrons. The van der Waals surface area contributed by atoms with Crippen molar-refractivity contribution in [3.8, 4) is 0 Å². The summed E-state index contributed by atoms with van der Waals surface area (Å²) in [4.78, 5) is 22.8. The molecule has 0 spiro atoms. The minimum absolute atomic E-state index is 0.225. The Morgan fingerprint density at radius 2 is 1.94 bits per heavy atom. The number of nitrogens with one attached hydrogen (secondary N) is 2. The van der Waals surface area contributed by atoms with E-state index in [-0.39, 0.29) is 11.2 Å². The van der Waals surface area contributed by atoms with Crippen LogP contribution in [0.1, 0.15) is 12.5 Å². The van der Waals surface area contributed by atoms with Crippen molar-refractivity contribution in [3.05, 3.63) is 35.9 Å². The lowest BCUT2D eigenvalue weighted by atomic mass is 10.2. The number of imide groups is 1. The maximum Gasteiger partial charge on any atom is 0.321 e. The Morgan fingerprint density at radius 3 is 2.53 bits per heavy atom. The van der Waals surface area contributed by atoms with Gasteiger partial charge < -0.3 is 5.32 Å². The molecule has 0 aromatic heterocycles. The van der Waals surface area contributed by atoms with Gasteiger partial charge >= 0.3 is 6.03 Å². The van der Waals surface area contributed by atoms with Crippen LogP contribution in [0.15, 0.2) is 30.3 Å². The van der Waals surface area contributed by atoms with Crippen LogP contribution in [0.25, 0.3) is 0 Å². The summed E-state index contributed by atoms with van der Waals surface area (Å²) in [7, 11) is 0. The number of hydrogen-bond donors (Lipinski definition) is 2. The fourth-order valence-corrected chi connectivity index (χ4v) is 1.42. The third-order valence-electron chi connectivity index (χ3n) is 2.26. The maximum absolute atomic E-state index is 11.4. The summed E-state index contributed by atoms with van der Waals surface area (Å²) in [5.74, 6) is -0.275. The predicted octanol–water partition coefficient (Wildman–Crippen LogP) is 1.76. The van der Waals surface area contributed by atoms with Crippen LogP contribution in [-0.2, 0) is 11.3 Å². The van der Waals surface area contributed by atoms with Crippen molar-refractivity contribution >= 4 is 23.7 Å². The summed E-state index contributed by atoms with van der Waals surface area (Å²) < 4.78 is 0. The quantitative estimate of drug-likeness (QED) is 0.858. The molecule has 1 aromatic carbocycles. The van der Waals surface area contributed by atoms with E-state index in [4.69, 9.17) is 0 Å². The van der Waals surface area contributed by atoms with Crippen LogP contribution in [0.3, 0.4) is 0 Å². The fraction of sp³-hybridized carbons (Fsp3) is 0.333. The van der Waals surface area contributed by atoms with E-state index < -0.39 is 6.03 Å². The smallest absolute Gasteiger partial charge is 0.321 e. The number of amides is 3. The first kappa shape index (κ1) is 13.6. The molecule has 1 rings (SSSR count). The molecule has 0 aliphatic rings. The molecule has 4 nitrogen and oxygen atoms in total. The summed E-state index contributed by atoms with van der Waals surface area (Å²) >= 11 is 1.40. The first-order valence-corrected chi connectivity index (χ1v) is 6.57. The summed E-state index contributed by atoms with van der Waals surface area (Å²) in [5.41, 5.74) is 0.994. The van der Waals surface area contributed by atoms with E-state index in [0.717, 1.165) is 5.56 Å². The minimum Gasteiger partial charge on any atom is -0.334 e. The summed E-state index contributed by atoms with van der Waals surface area (Å²) in [6.45, 7) is 2.16. The van der Waals surface area contributed by atoms with Crippen LogP contribution in [0.5, 0.6) is 0 Å². The zero-order valence-electron chi connectivity index (χ0n) is 9.90. The van der Waals surface area contributed by atoms with Crippen molar-refractivity contribution in [2.24, 2.45) is 0 Å².